The molecule has 0 spiro atoms. The lowest BCUT2D eigenvalue weighted by Gasteiger charge is -2.10. The van der Waals surface area contributed by atoms with Crippen molar-refractivity contribution in [3.05, 3.63) is 47.7 Å². The maximum Gasteiger partial charge on any atom is 0.265 e. The highest BCUT2D eigenvalue weighted by molar-refractivity contribution is 8.00. The van der Waals surface area contributed by atoms with Crippen molar-refractivity contribution in [2.24, 2.45) is 0 Å². The van der Waals surface area contributed by atoms with Gasteiger partial charge in [-0.05, 0) is 49.2 Å². The van der Waals surface area contributed by atoms with Crippen molar-refractivity contribution in [1.82, 2.24) is 10.3 Å². The average Bonchev–Trinajstić information content (AvgIpc) is 3.52. The van der Waals surface area contributed by atoms with E-state index in [0.717, 1.165) is 24.6 Å². The predicted octanol–water partition coefficient (Wildman–Crippen LogP) is 3.81. The van der Waals surface area contributed by atoms with Gasteiger partial charge in [0, 0.05) is 18.2 Å². The van der Waals surface area contributed by atoms with Gasteiger partial charge >= 0.3 is 0 Å². The smallest absolute Gasteiger partial charge is 0.265 e. The number of carbonyl (C=O) groups excluding carboxylic acids is 1. The fourth-order valence-corrected chi connectivity index (χ4v) is 5.48. The Balaban J connectivity index is 1.55. The van der Waals surface area contributed by atoms with Crippen molar-refractivity contribution in [3.63, 3.8) is 0 Å². The van der Waals surface area contributed by atoms with Crippen molar-refractivity contribution in [2.75, 3.05) is 18.9 Å². The number of thioether (sulfide) groups is 1. The highest BCUT2D eigenvalue weighted by Crippen LogP contribution is 2.35. The first-order valence-electron chi connectivity index (χ1n) is 9.50. The molecular weight excluding hydrogens is 464 g/mol. The Morgan fingerprint density at radius 2 is 2.06 bits per heavy atom. The SMILES string of the molecule is O=C(CSc1oc(-c2ccco2)nc1S(=O)(=O)c1ccc(Cl)cc1)NC[C@H]1CCCO1. The largest absolute Gasteiger partial charge is 0.459 e. The molecule has 0 saturated carbocycles. The van der Waals surface area contributed by atoms with Crippen LogP contribution in [0.15, 0.2) is 66.5 Å². The van der Waals surface area contributed by atoms with E-state index in [1.807, 2.05) is 0 Å². The van der Waals surface area contributed by atoms with Crippen LogP contribution in [0.2, 0.25) is 5.02 Å². The summed E-state index contributed by atoms with van der Waals surface area (Å²) in [4.78, 5) is 16.4. The number of carbonyl (C=O) groups is 1. The summed E-state index contributed by atoms with van der Waals surface area (Å²) in [5.41, 5.74) is 0. The van der Waals surface area contributed by atoms with Gasteiger partial charge in [-0.3, -0.25) is 4.79 Å². The number of sulfone groups is 1. The second-order valence-electron chi connectivity index (χ2n) is 6.77. The fourth-order valence-electron chi connectivity index (χ4n) is 3.00. The Hall–Kier alpha value is -2.27. The number of halogens is 1. The Morgan fingerprint density at radius 3 is 2.74 bits per heavy atom. The first-order valence-corrected chi connectivity index (χ1v) is 12.3. The molecule has 1 fully saturated rings. The number of amides is 1. The molecular formula is C20H19ClN2O6S2. The summed E-state index contributed by atoms with van der Waals surface area (Å²) in [6.45, 7) is 1.12. The Labute approximate surface area is 188 Å². The van der Waals surface area contributed by atoms with E-state index in [9.17, 15) is 13.2 Å². The van der Waals surface area contributed by atoms with Crippen LogP contribution in [0.3, 0.4) is 0 Å². The second kappa shape index (κ2) is 9.47. The lowest BCUT2D eigenvalue weighted by molar-refractivity contribution is -0.119. The van der Waals surface area contributed by atoms with Gasteiger partial charge in [-0.25, -0.2) is 8.42 Å². The van der Waals surface area contributed by atoms with E-state index in [2.05, 4.69) is 10.3 Å². The monoisotopic (exact) mass is 482 g/mol. The first kappa shape index (κ1) is 21.9. The quantitative estimate of drug-likeness (QED) is 0.482. The maximum atomic E-state index is 13.2. The van der Waals surface area contributed by atoms with Crippen LogP contribution in [-0.4, -0.2) is 44.3 Å². The highest BCUT2D eigenvalue weighted by atomic mass is 35.5. The van der Waals surface area contributed by atoms with Gasteiger partial charge < -0.3 is 18.9 Å². The number of nitrogens with one attached hydrogen (secondary N) is 1. The molecule has 1 saturated heterocycles. The molecule has 4 rings (SSSR count). The number of nitrogens with zero attached hydrogens (tertiary/aromatic N) is 1. The molecule has 1 amide bonds. The van der Waals surface area contributed by atoms with Crippen LogP contribution < -0.4 is 5.32 Å². The molecule has 1 aliphatic rings. The fraction of sp³-hybridized carbons (Fsp3) is 0.300. The minimum atomic E-state index is -4.01. The van der Waals surface area contributed by atoms with Crippen LogP contribution in [0.4, 0.5) is 0 Å². The zero-order valence-corrected chi connectivity index (χ0v) is 18.6. The van der Waals surface area contributed by atoms with Crippen molar-refractivity contribution < 1.29 is 26.8 Å². The molecule has 1 atom stereocenters. The lowest BCUT2D eigenvalue weighted by atomic mass is 10.2. The molecule has 0 bridgehead atoms. The number of hydrogen-bond donors (Lipinski definition) is 1. The van der Waals surface area contributed by atoms with E-state index >= 15 is 0 Å². The van der Waals surface area contributed by atoms with E-state index in [-0.39, 0.29) is 44.4 Å². The predicted molar refractivity (Wildman–Crippen MR) is 114 cm³/mol. The van der Waals surface area contributed by atoms with Gasteiger partial charge in [-0.1, -0.05) is 23.4 Å². The zero-order valence-electron chi connectivity index (χ0n) is 16.2. The minimum absolute atomic E-state index is 0.00798. The molecule has 1 aliphatic heterocycles. The summed E-state index contributed by atoms with van der Waals surface area (Å²) in [7, 11) is -4.01. The summed E-state index contributed by atoms with van der Waals surface area (Å²) in [6.07, 6.45) is 3.34. The molecule has 0 unspecified atom stereocenters. The van der Waals surface area contributed by atoms with Crippen molar-refractivity contribution >= 4 is 39.1 Å². The molecule has 11 heteroatoms. The summed E-state index contributed by atoms with van der Waals surface area (Å²) in [6, 6.07) is 8.98. The zero-order chi connectivity index (χ0) is 21.8. The maximum absolute atomic E-state index is 13.2. The minimum Gasteiger partial charge on any atom is -0.459 e. The molecule has 2 aromatic heterocycles. The van der Waals surface area contributed by atoms with E-state index in [1.165, 1.54) is 30.5 Å². The molecule has 8 nitrogen and oxygen atoms in total. The van der Waals surface area contributed by atoms with Crippen molar-refractivity contribution in [3.8, 4) is 11.7 Å². The van der Waals surface area contributed by atoms with E-state index < -0.39 is 9.84 Å². The van der Waals surface area contributed by atoms with E-state index in [4.69, 9.17) is 25.2 Å². The summed E-state index contributed by atoms with van der Waals surface area (Å²) in [5.74, 6) is -0.00355. The third-order valence-corrected chi connectivity index (χ3v) is 7.57. The summed E-state index contributed by atoms with van der Waals surface area (Å²) in [5, 5.41) is 2.93. The van der Waals surface area contributed by atoms with Crippen LogP contribution in [0.25, 0.3) is 11.7 Å². The van der Waals surface area contributed by atoms with Crippen molar-refractivity contribution in [2.45, 2.75) is 34.0 Å². The van der Waals surface area contributed by atoms with E-state index in [0.29, 0.717) is 18.2 Å². The topological polar surface area (TPSA) is 112 Å². The van der Waals surface area contributed by atoms with Crippen LogP contribution in [-0.2, 0) is 19.4 Å². The molecule has 164 valence electrons. The summed E-state index contributed by atoms with van der Waals surface area (Å²) < 4.78 is 42.8. The van der Waals surface area contributed by atoms with Crippen LogP contribution >= 0.6 is 23.4 Å². The third-order valence-electron chi connectivity index (χ3n) is 4.56. The Kier molecular flexibility index (Phi) is 6.71. The molecule has 1 N–H and O–H groups in total. The molecule has 0 radical (unpaired) electrons. The molecule has 3 heterocycles. The number of aromatic nitrogens is 1. The second-order valence-corrected chi connectivity index (χ2v) is 10.0. The number of ether oxygens (including phenoxy) is 1. The number of rotatable bonds is 8. The lowest BCUT2D eigenvalue weighted by Crippen LogP contribution is -2.32. The van der Waals surface area contributed by atoms with Crippen LogP contribution in [0.5, 0.6) is 0 Å². The highest BCUT2D eigenvalue weighted by Gasteiger charge is 2.30. The first-order chi connectivity index (χ1) is 14.9. The Morgan fingerprint density at radius 1 is 1.26 bits per heavy atom. The normalized spacial score (nSPS) is 16.5. The van der Waals surface area contributed by atoms with Crippen LogP contribution in [0.1, 0.15) is 12.8 Å². The molecule has 0 aliphatic carbocycles. The van der Waals surface area contributed by atoms with Gasteiger partial charge in [0.1, 0.15) is 0 Å². The number of furan rings is 1. The number of hydrogen-bond acceptors (Lipinski definition) is 8. The van der Waals surface area contributed by atoms with Gasteiger partial charge in [-0.2, -0.15) is 4.98 Å². The standard InChI is InChI=1S/C20H19ClN2O6S2/c21-13-5-7-15(8-6-13)31(25,26)19-20(29-18(23-19)16-4-2-10-28-16)30-12-17(24)22-11-14-3-1-9-27-14/h2,4-8,10,14H,1,3,9,11-12H2,(H,22,24)/t14-/m1/s1. The molecule has 3 aromatic rings. The third kappa shape index (κ3) is 5.15. The van der Waals surface area contributed by atoms with E-state index in [1.54, 1.807) is 12.1 Å². The van der Waals surface area contributed by atoms with Crippen LogP contribution in [0, 0.1) is 0 Å². The molecule has 31 heavy (non-hydrogen) atoms. The molecule has 1 aromatic carbocycles. The number of oxazole rings is 1. The van der Waals surface area contributed by atoms with Gasteiger partial charge in [0.05, 0.1) is 23.0 Å². The average molecular weight is 483 g/mol. The summed E-state index contributed by atoms with van der Waals surface area (Å²) >= 11 is 6.82. The number of benzene rings is 1. The van der Waals surface area contributed by atoms with Gasteiger partial charge in [0.25, 0.3) is 5.89 Å². The van der Waals surface area contributed by atoms with Gasteiger partial charge in [0.15, 0.2) is 5.76 Å². The van der Waals surface area contributed by atoms with Gasteiger partial charge in [-0.15, -0.1) is 0 Å². The van der Waals surface area contributed by atoms with Gasteiger partial charge in [0.2, 0.25) is 25.9 Å². The van der Waals surface area contributed by atoms with Crippen molar-refractivity contribution in [1.29, 1.82) is 0 Å². The Bertz CT molecular complexity index is 1140.